The lowest BCUT2D eigenvalue weighted by Crippen LogP contribution is -2.23. The second kappa shape index (κ2) is 7.65. The summed E-state index contributed by atoms with van der Waals surface area (Å²) >= 11 is 0. The Bertz CT molecular complexity index is 464. The van der Waals surface area contributed by atoms with Crippen LogP contribution in [0, 0.1) is 11.8 Å². The molecule has 0 aliphatic rings. The van der Waals surface area contributed by atoms with E-state index in [9.17, 15) is 4.79 Å². The lowest BCUT2D eigenvalue weighted by atomic mass is 10.3. The Morgan fingerprint density at radius 2 is 2.16 bits per heavy atom. The minimum absolute atomic E-state index is 0.336. The number of aryl methyl sites for hydroxylation is 1. The molecule has 1 rings (SSSR count). The molecule has 0 N–H and O–H groups in total. The lowest BCUT2D eigenvalue weighted by Gasteiger charge is -2.13. The predicted octanol–water partition coefficient (Wildman–Crippen LogP) is 1.92. The van der Waals surface area contributed by atoms with Gasteiger partial charge in [-0.1, -0.05) is 25.7 Å². The van der Waals surface area contributed by atoms with Crippen molar-refractivity contribution < 1.29 is 9.53 Å². The summed E-state index contributed by atoms with van der Waals surface area (Å²) in [6.07, 6.45) is 1.42. The zero-order chi connectivity index (χ0) is 14.3. The van der Waals surface area contributed by atoms with Crippen LogP contribution >= 0.6 is 0 Å². The van der Waals surface area contributed by atoms with Gasteiger partial charge in [-0.3, -0.25) is 4.90 Å². The van der Waals surface area contributed by atoms with E-state index in [2.05, 4.69) is 30.6 Å². The first kappa shape index (κ1) is 15.3. The van der Waals surface area contributed by atoms with Crippen LogP contribution in [0.15, 0.2) is 18.3 Å². The van der Waals surface area contributed by atoms with E-state index in [-0.39, 0.29) is 5.97 Å². The van der Waals surface area contributed by atoms with Crippen LogP contribution in [-0.4, -0.2) is 41.2 Å². The molecule has 4 heteroatoms. The van der Waals surface area contributed by atoms with Crippen molar-refractivity contribution in [1.82, 2.24) is 9.47 Å². The van der Waals surface area contributed by atoms with Crippen LogP contribution in [0.2, 0.25) is 0 Å². The summed E-state index contributed by atoms with van der Waals surface area (Å²) in [7, 11) is 1.81. The van der Waals surface area contributed by atoms with E-state index in [1.165, 1.54) is 0 Å². The van der Waals surface area contributed by atoms with Gasteiger partial charge in [-0.2, -0.15) is 0 Å². The minimum atomic E-state index is -0.391. The Morgan fingerprint density at radius 3 is 2.68 bits per heavy atom. The maximum absolute atomic E-state index is 11.8. The van der Waals surface area contributed by atoms with Gasteiger partial charge in [0.15, 0.2) is 6.10 Å². The van der Waals surface area contributed by atoms with Gasteiger partial charge in [-0.25, -0.2) is 4.79 Å². The zero-order valence-corrected chi connectivity index (χ0v) is 12.1. The van der Waals surface area contributed by atoms with Gasteiger partial charge in [0, 0.05) is 13.2 Å². The summed E-state index contributed by atoms with van der Waals surface area (Å²) in [5.41, 5.74) is 0.539. The number of nitrogens with zero attached hydrogens (tertiary/aromatic N) is 2. The van der Waals surface area contributed by atoms with E-state index in [0.29, 0.717) is 12.2 Å². The predicted molar refractivity (Wildman–Crippen MR) is 75.9 cm³/mol. The first-order valence-corrected chi connectivity index (χ1v) is 6.61. The summed E-state index contributed by atoms with van der Waals surface area (Å²) in [5, 5.41) is 0. The quantitative estimate of drug-likeness (QED) is 0.600. The first-order chi connectivity index (χ1) is 9.08. The average Bonchev–Trinajstić information content (AvgIpc) is 2.81. The molecule has 1 aromatic rings. The van der Waals surface area contributed by atoms with Crippen LogP contribution in [0.3, 0.4) is 0 Å². The number of carbonyl (C=O) groups is 1. The third-order valence-corrected chi connectivity index (χ3v) is 2.94. The van der Waals surface area contributed by atoms with Crippen molar-refractivity contribution in [2.45, 2.75) is 26.9 Å². The van der Waals surface area contributed by atoms with E-state index in [4.69, 9.17) is 4.74 Å². The molecule has 0 saturated carbocycles. The molecule has 0 fully saturated rings. The fourth-order valence-corrected chi connectivity index (χ4v) is 1.67. The van der Waals surface area contributed by atoms with E-state index in [1.54, 1.807) is 17.6 Å². The fraction of sp³-hybridized carbons (Fsp3) is 0.533. The van der Waals surface area contributed by atoms with Crippen molar-refractivity contribution in [3.05, 3.63) is 24.0 Å². The Hall–Kier alpha value is -1.73. The van der Waals surface area contributed by atoms with Crippen molar-refractivity contribution in [3.8, 4) is 11.8 Å². The van der Waals surface area contributed by atoms with Crippen molar-refractivity contribution >= 4 is 5.97 Å². The Kier molecular flexibility index (Phi) is 6.17. The Balaban J connectivity index is 2.48. The summed E-state index contributed by atoms with van der Waals surface area (Å²) in [4.78, 5) is 14.0. The fourth-order valence-electron chi connectivity index (χ4n) is 1.67. The first-order valence-electron chi connectivity index (χ1n) is 6.61. The van der Waals surface area contributed by atoms with Gasteiger partial charge >= 0.3 is 5.97 Å². The van der Waals surface area contributed by atoms with E-state index in [0.717, 1.165) is 13.1 Å². The van der Waals surface area contributed by atoms with Crippen molar-refractivity contribution in [2.75, 3.05) is 19.6 Å². The largest absolute Gasteiger partial charge is 0.445 e. The molecule has 0 aliphatic heterocycles. The van der Waals surface area contributed by atoms with Crippen LogP contribution in [-0.2, 0) is 11.8 Å². The molecule has 0 bridgehead atoms. The summed E-state index contributed by atoms with van der Waals surface area (Å²) in [6.45, 7) is 8.65. The van der Waals surface area contributed by atoms with E-state index < -0.39 is 6.10 Å². The van der Waals surface area contributed by atoms with Gasteiger partial charge in [-0.05, 0) is 32.1 Å². The monoisotopic (exact) mass is 262 g/mol. The van der Waals surface area contributed by atoms with Crippen molar-refractivity contribution in [2.24, 2.45) is 7.05 Å². The number of aromatic nitrogens is 1. The van der Waals surface area contributed by atoms with Gasteiger partial charge in [0.25, 0.3) is 0 Å². The summed E-state index contributed by atoms with van der Waals surface area (Å²) in [5.74, 6) is 5.66. The second-order valence-electron chi connectivity index (χ2n) is 4.33. The van der Waals surface area contributed by atoms with Gasteiger partial charge < -0.3 is 9.30 Å². The average molecular weight is 262 g/mol. The number of hydrogen-bond donors (Lipinski definition) is 0. The molecule has 19 heavy (non-hydrogen) atoms. The van der Waals surface area contributed by atoms with E-state index >= 15 is 0 Å². The molecule has 0 aliphatic carbocycles. The number of carbonyl (C=O) groups excluding carboxylic acids is 1. The van der Waals surface area contributed by atoms with E-state index in [1.807, 2.05) is 19.3 Å². The SMILES string of the molecule is CCN(CC)CC#CC(C)OC(=O)c1cccn1C. The molecule has 4 nitrogen and oxygen atoms in total. The number of hydrogen-bond acceptors (Lipinski definition) is 3. The highest BCUT2D eigenvalue weighted by molar-refractivity contribution is 5.87. The third-order valence-electron chi connectivity index (χ3n) is 2.94. The summed E-state index contributed by atoms with van der Waals surface area (Å²) in [6, 6.07) is 3.55. The normalized spacial score (nSPS) is 11.8. The molecule has 1 aromatic heterocycles. The molecular weight excluding hydrogens is 240 g/mol. The molecule has 1 unspecified atom stereocenters. The highest BCUT2D eigenvalue weighted by Crippen LogP contribution is 2.04. The van der Waals surface area contributed by atoms with Crippen LogP contribution in [0.4, 0.5) is 0 Å². The van der Waals surface area contributed by atoms with Gasteiger partial charge in [0.05, 0.1) is 6.54 Å². The molecule has 0 radical (unpaired) electrons. The molecule has 0 saturated heterocycles. The molecule has 0 amide bonds. The maximum Gasteiger partial charge on any atom is 0.356 e. The molecule has 0 aromatic carbocycles. The molecule has 104 valence electrons. The zero-order valence-electron chi connectivity index (χ0n) is 12.1. The highest BCUT2D eigenvalue weighted by Gasteiger charge is 2.12. The smallest absolute Gasteiger partial charge is 0.356 e. The van der Waals surface area contributed by atoms with Crippen LogP contribution in [0.1, 0.15) is 31.3 Å². The lowest BCUT2D eigenvalue weighted by molar-refractivity contribution is 0.0427. The van der Waals surface area contributed by atoms with Gasteiger partial charge in [-0.15, -0.1) is 0 Å². The maximum atomic E-state index is 11.8. The van der Waals surface area contributed by atoms with Crippen molar-refractivity contribution in [3.63, 3.8) is 0 Å². The number of rotatable bonds is 5. The Morgan fingerprint density at radius 1 is 1.47 bits per heavy atom. The standard InChI is InChI=1S/C15H22N2O2/c1-5-17(6-2)12-7-9-13(3)19-15(18)14-10-8-11-16(14)4/h8,10-11,13H,5-6,12H2,1-4H3. The number of esters is 1. The van der Waals surface area contributed by atoms with Gasteiger partial charge in [0.1, 0.15) is 5.69 Å². The van der Waals surface area contributed by atoms with Crippen LogP contribution in [0.5, 0.6) is 0 Å². The Labute approximate surface area is 115 Å². The summed E-state index contributed by atoms with van der Waals surface area (Å²) < 4.78 is 7.01. The molecule has 1 atom stereocenters. The topological polar surface area (TPSA) is 34.5 Å². The molecular formula is C15H22N2O2. The van der Waals surface area contributed by atoms with Gasteiger partial charge in [0.2, 0.25) is 0 Å². The molecule has 0 spiro atoms. The highest BCUT2D eigenvalue weighted by atomic mass is 16.5. The third kappa shape index (κ3) is 4.80. The second-order valence-corrected chi connectivity index (χ2v) is 4.33. The minimum Gasteiger partial charge on any atom is -0.445 e. The molecule has 1 heterocycles. The van der Waals surface area contributed by atoms with Crippen LogP contribution in [0.25, 0.3) is 0 Å². The van der Waals surface area contributed by atoms with Crippen molar-refractivity contribution in [1.29, 1.82) is 0 Å². The van der Waals surface area contributed by atoms with Crippen LogP contribution < -0.4 is 0 Å². The number of ether oxygens (including phenoxy) is 1.